The first-order valence-electron chi connectivity index (χ1n) is 7.86. The SMILES string of the molecule is OC(CNC1CCOC1C1CC1)CC1CCCC1. The summed E-state index contributed by atoms with van der Waals surface area (Å²) in [5.41, 5.74) is 0. The van der Waals surface area contributed by atoms with E-state index in [2.05, 4.69) is 5.32 Å². The highest BCUT2D eigenvalue weighted by Crippen LogP contribution is 2.38. The van der Waals surface area contributed by atoms with Crippen LogP contribution < -0.4 is 5.32 Å². The number of hydrogen-bond acceptors (Lipinski definition) is 3. The Balaban J connectivity index is 1.37. The Morgan fingerprint density at radius 2 is 1.89 bits per heavy atom. The van der Waals surface area contributed by atoms with Gasteiger partial charge in [-0.3, -0.25) is 0 Å². The van der Waals surface area contributed by atoms with E-state index >= 15 is 0 Å². The largest absolute Gasteiger partial charge is 0.392 e. The number of aliphatic hydroxyl groups is 1. The third kappa shape index (κ3) is 3.25. The lowest BCUT2D eigenvalue weighted by atomic mass is 9.99. The van der Waals surface area contributed by atoms with E-state index in [4.69, 9.17) is 4.74 Å². The Hall–Kier alpha value is -0.120. The monoisotopic (exact) mass is 253 g/mol. The number of nitrogens with one attached hydrogen (secondary N) is 1. The van der Waals surface area contributed by atoms with E-state index in [0.29, 0.717) is 12.1 Å². The minimum atomic E-state index is -0.159. The molecule has 3 atom stereocenters. The molecule has 1 saturated heterocycles. The molecule has 3 nitrogen and oxygen atoms in total. The topological polar surface area (TPSA) is 41.5 Å². The van der Waals surface area contributed by atoms with E-state index in [1.54, 1.807) is 0 Å². The molecule has 0 spiro atoms. The summed E-state index contributed by atoms with van der Waals surface area (Å²) in [6.07, 6.45) is 10.5. The van der Waals surface area contributed by atoms with Gasteiger partial charge < -0.3 is 15.2 Å². The molecule has 3 aliphatic rings. The lowest BCUT2D eigenvalue weighted by molar-refractivity contribution is 0.0751. The zero-order valence-electron chi connectivity index (χ0n) is 11.3. The van der Waals surface area contributed by atoms with Crippen molar-refractivity contribution >= 4 is 0 Å². The molecule has 1 aliphatic heterocycles. The summed E-state index contributed by atoms with van der Waals surface area (Å²) in [7, 11) is 0. The molecule has 0 aromatic carbocycles. The fraction of sp³-hybridized carbons (Fsp3) is 1.00. The second kappa shape index (κ2) is 5.89. The van der Waals surface area contributed by atoms with Crippen LogP contribution in [0.5, 0.6) is 0 Å². The van der Waals surface area contributed by atoms with Gasteiger partial charge in [-0.05, 0) is 37.5 Å². The maximum absolute atomic E-state index is 10.1. The van der Waals surface area contributed by atoms with Gasteiger partial charge in [0.25, 0.3) is 0 Å². The van der Waals surface area contributed by atoms with Gasteiger partial charge in [-0.25, -0.2) is 0 Å². The van der Waals surface area contributed by atoms with Gasteiger partial charge in [0.2, 0.25) is 0 Å². The first kappa shape index (κ1) is 12.9. The van der Waals surface area contributed by atoms with Gasteiger partial charge in [-0.2, -0.15) is 0 Å². The molecule has 2 aliphatic carbocycles. The van der Waals surface area contributed by atoms with Crippen molar-refractivity contribution in [1.82, 2.24) is 5.32 Å². The number of aliphatic hydroxyl groups excluding tert-OH is 1. The smallest absolute Gasteiger partial charge is 0.0756 e. The van der Waals surface area contributed by atoms with Crippen LogP contribution in [0, 0.1) is 11.8 Å². The quantitative estimate of drug-likeness (QED) is 0.761. The summed E-state index contributed by atoms with van der Waals surface area (Å²) >= 11 is 0. The van der Waals surface area contributed by atoms with Crippen LogP contribution in [0.1, 0.15) is 51.4 Å². The van der Waals surface area contributed by atoms with Gasteiger partial charge in [-0.15, -0.1) is 0 Å². The Kier molecular flexibility index (Phi) is 4.22. The number of rotatable bonds is 6. The van der Waals surface area contributed by atoms with Gasteiger partial charge >= 0.3 is 0 Å². The van der Waals surface area contributed by atoms with Crippen molar-refractivity contribution in [3.8, 4) is 0 Å². The minimum Gasteiger partial charge on any atom is -0.392 e. The molecule has 0 aromatic heterocycles. The van der Waals surface area contributed by atoms with Crippen molar-refractivity contribution in [2.24, 2.45) is 11.8 Å². The zero-order chi connectivity index (χ0) is 12.4. The lowest BCUT2D eigenvalue weighted by Crippen LogP contribution is -2.41. The van der Waals surface area contributed by atoms with E-state index in [0.717, 1.165) is 37.8 Å². The second-order valence-corrected chi connectivity index (χ2v) is 6.52. The van der Waals surface area contributed by atoms with E-state index < -0.39 is 0 Å². The Labute approximate surface area is 110 Å². The Morgan fingerprint density at radius 3 is 2.61 bits per heavy atom. The van der Waals surface area contributed by atoms with Gasteiger partial charge in [0.1, 0.15) is 0 Å². The summed E-state index contributed by atoms with van der Waals surface area (Å²) in [5.74, 6) is 1.58. The predicted octanol–water partition coefficient (Wildman–Crippen LogP) is 2.08. The number of ether oxygens (including phenoxy) is 1. The van der Waals surface area contributed by atoms with Crippen LogP contribution in [0.15, 0.2) is 0 Å². The molecular weight excluding hydrogens is 226 g/mol. The summed E-state index contributed by atoms with van der Waals surface area (Å²) in [6, 6.07) is 0.496. The van der Waals surface area contributed by atoms with E-state index in [1.807, 2.05) is 0 Å². The molecule has 104 valence electrons. The highest BCUT2D eigenvalue weighted by atomic mass is 16.5. The molecular formula is C15H27NO2. The number of hydrogen-bond donors (Lipinski definition) is 2. The maximum Gasteiger partial charge on any atom is 0.0756 e. The van der Waals surface area contributed by atoms with Crippen LogP contribution >= 0.6 is 0 Å². The second-order valence-electron chi connectivity index (χ2n) is 6.52. The van der Waals surface area contributed by atoms with Crippen LogP contribution in [-0.4, -0.2) is 36.5 Å². The average Bonchev–Trinajstić information content (AvgIpc) is 2.90. The van der Waals surface area contributed by atoms with Crippen molar-refractivity contribution in [1.29, 1.82) is 0 Å². The van der Waals surface area contributed by atoms with Crippen molar-refractivity contribution in [2.45, 2.75) is 69.6 Å². The molecule has 0 amide bonds. The standard InChI is InChI=1S/C15H27NO2/c17-13(9-11-3-1-2-4-11)10-16-14-7-8-18-15(14)12-5-6-12/h11-17H,1-10H2. The van der Waals surface area contributed by atoms with Crippen molar-refractivity contribution in [2.75, 3.05) is 13.2 Å². The molecule has 3 fully saturated rings. The van der Waals surface area contributed by atoms with Crippen molar-refractivity contribution in [3.63, 3.8) is 0 Å². The molecule has 3 heteroatoms. The lowest BCUT2D eigenvalue weighted by Gasteiger charge is -2.22. The fourth-order valence-corrected chi connectivity index (χ4v) is 3.72. The summed E-state index contributed by atoms with van der Waals surface area (Å²) in [5, 5.41) is 13.7. The molecule has 2 saturated carbocycles. The van der Waals surface area contributed by atoms with E-state index in [1.165, 1.54) is 38.5 Å². The van der Waals surface area contributed by atoms with Gasteiger partial charge in [0.05, 0.1) is 12.2 Å². The van der Waals surface area contributed by atoms with Crippen LogP contribution in [0.2, 0.25) is 0 Å². The van der Waals surface area contributed by atoms with Crippen LogP contribution in [-0.2, 0) is 4.74 Å². The third-order valence-electron chi connectivity index (χ3n) is 4.92. The molecule has 3 rings (SSSR count). The van der Waals surface area contributed by atoms with Crippen LogP contribution in [0.4, 0.5) is 0 Å². The van der Waals surface area contributed by atoms with Gasteiger partial charge in [0, 0.05) is 19.2 Å². The first-order valence-corrected chi connectivity index (χ1v) is 7.86. The fourth-order valence-electron chi connectivity index (χ4n) is 3.72. The molecule has 0 aromatic rings. The predicted molar refractivity (Wildman–Crippen MR) is 71.5 cm³/mol. The summed E-state index contributed by atoms with van der Waals surface area (Å²) in [4.78, 5) is 0. The van der Waals surface area contributed by atoms with Crippen LogP contribution in [0.3, 0.4) is 0 Å². The molecule has 3 unspecified atom stereocenters. The van der Waals surface area contributed by atoms with Crippen molar-refractivity contribution < 1.29 is 9.84 Å². The molecule has 0 radical (unpaired) electrons. The average molecular weight is 253 g/mol. The van der Waals surface area contributed by atoms with Crippen molar-refractivity contribution in [3.05, 3.63) is 0 Å². The summed E-state index contributed by atoms with van der Waals surface area (Å²) in [6.45, 7) is 1.66. The highest BCUT2D eigenvalue weighted by Gasteiger charge is 2.40. The van der Waals surface area contributed by atoms with Crippen LogP contribution in [0.25, 0.3) is 0 Å². The molecule has 0 bridgehead atoms. The Morgan fingerprint density at radius 1 is 1.11 bits per heavy atom. The van der Waals surface area contributed by atoms with E-state index in [-0.39, 0.29) is 6.10 Å². The Bertz CT molecular complexity index is 261. The third-order valence-corrected chi connectivity index (χ3v) is 4.92. The van der Waals surface area contributed by atoms with Gasteiger partial charge in [-0.1, -0.05) is 25.7 Å². The molecule has 18 heavy (non-hydrogen) atoms. The normalized spacial score (nSPS) is 35.2. The highest BCUT2D eigenvalue weighted by molar-refractivity contribution is 4.93. The molecule has 2 N–H and O–H groups in total. The van der Waals surface area contributed by atoms with Gasteiger partial charge in [0.15, 0.2) is 0 Å². The molecule has 1 heterocycles. The van der Waals surface area contributed by atoms with E-state index in [9.17, 15) is 5.11 Å². The summed E-state index contributed by atoms with van der Waals surface area (Å²) < 4.78 is 5.81. The maximum atomic E-state index is 10.1. The minimum absolute atomic E-state index is 0.159. The first-order chi connectivity index (χ1) is 8.83. The zero-order valence-corrected chi connectivity index (χ0v) is 11.3.